The van der Waals surface area contributed by atoms with Crippen molar-refractivity contribution < 1.29 is 12.8 Å². The molecule has 0 atom stereocenters. The van der Waals surface area contributed by atoms with Crippen LogP contribution < -0.4 is 0 Å². The molecule has 1 aromatic heterocycles. The summed E-state index contributed by atoms with van der Waals surface area (Å²) in [5, 5.41) is 0. The fourth-order valence-corrected chi connectivity index (χ4v) is 2.35. The molecule has 1 aromatic carbocycles. The third kappa shape index (κ3) is 1.44. The second-order valence-corrected chi connectivity index (χ2v) is 4.73. The summed E-state index contributed by atoms with van der Waals surface area (Å²) in [6, 6.07) is 9.70. The molecule has 0 unspecified atom stereocenters. The summed E-state index contributed by atoms with van der Waals surface area (Å²) in [5.41, 5.74) is 0. The SMILES string of the molecule is O=S(=O)(c1ccccc1)c1ccoc1. The van der Waals surface area contributed by atoms with Crippen LogP contribution in [0.1, 0.15) is 0 Å². The molecule has 0 radical (unpaired) electrons. The molecule has 0 aliphatic carbocycles. The van der Waals surface area contributed by atoms with Gasteiger partial charge in [-0.2, -0.15) is 0 Å². The zero-order valence-electron chi connectivity index (χ0n) is 7.25. The van der Waals surface area contributed by atoms with Gasteiger partial charge in [0.1, 0.15) is 11.2 Å². The maximum absolute atomic E-state index is 11.8. The van der Waals surface area contributed by atoms with E-state index in [9.17, 15) is 8.42 Å². The van der Waals surface area contributed by atoms with Crippen LogP contribution >= 0.6 is 0 Å². The van der Waals surface area contributed by atoms with Crippen molar-refractivity contribution in [1.82, 2.24) is 0 Å². The summed E-state index contributed by atoms with van der Waals surface area (Å²) < 4.78 is 28.4. The van der Waals surface area contributed by atoms with E-state index in [1.807, 2.05) is 0 Å². The van der Waals surface area contributed by atoms with Crippen molar-refractivity contribution in [2.75, 3.05) is 0 Å². The van der Waals surface area contributed by atoms with Crippen LogP contribution in [0.25, 0.3) is 0 Å². The second-order valence-electron chi connectivity index (χ2n) is 2.78. The topological polar surface area (TPSA) is 47.3 Å². The Balaban J connectivity index is 2.55. The van der Waals surface area contributed by atoms with Gasteiger partial charge >= 0.3 is 0 Å². The van der Waals surface area contributed by atoms with Gasteiger partial charge in [0, 0.05) is 0 Å². The van der Waals surface area contributed by atoms with Crippen molar-refractivity contribution in [3.8, 4) is 0 Å². The number of benzene rings is 1. The van der Waals surface area contributed by atoms with Crippen LogP contribution in [-0.2, 0) is 9.84 Å². The van der Waals surface area contributed by atoms with E-state index in [2.05, 4.69) is 0 Å². The highest BCUT2D eigenvalue weighted by Gasteiger charge is 2.17. The highest BCUT2D eigenvalue weighted by molar-refractivity contribution is 7.91. The number of hydrogen-bond acceptors (Lipinski definition) is 3. The smallest absolute Gasteiger partial charge is 0.209 e. The first kappa shape index (κ1) is 9.02. The molecular formula is C10H8O3S. The lowest BCUT2D eigenvalue weighted by Gasteiger charge is -1.99. The van der Waals surface area contributed by atoms with Crippen molar-refractivity contribution in [3.63, 3.8) is 0 Å². The third-order valence-corrected chi connectivity index (χ3v) is 3.60. The van der Waals surface area contributed by atoms with Crippen molar-refractivity contribution in [1.29, 1.82) is 0 Å². The van der Waals surface area contributed by atoms with Gasteiger partial charge in [0.15, 0.2) is 0 Å². The van der Waals surface area contributed by atoms with E-state index in [-0.39, 0.29) is 9.79 Å². The van der Waals surface area contributed by atoms with Gasteiger partial charge in [0.05, 0.1) is 11.2 Å². The van der Waals surface area contributed by atoms with Crippen molar-refractivity contribution in [3.05, 3.63) is 48.9 Å². The second kappa shape index (κ2) is 3.31. The summed E-state index contributed by atoms with van der Waals surface area (Å²) in [7, 11) is -3.39. The predicted octanol–water partition coefficient (Wildman–Crippen LogP) is 2.11. The maximum atomic E-state index is 11.8. The zero-order valence-corrected chi connectivity index (χ0v) is 8.07. The molecule has 0 aliphatic heterocycles. The molecule has 0 saturated heterocycles. The molecule has 0 amide bonds. The largest absolute Gasteiger partial charge is 0.471 e. The van der Waals surface area contributed by atoms with Crippen molar-refractivity contribution >= 4 is 9.84 Å². The van der Waals surface area contributed by atoms with E-state index in [1.165, 1.54) is 18.6 Å². The molecule has 0 saturated carbocycles. The van der Waals surface area contributed by atoms with E-state index in [0.717, 1.165) is 0 Å². The van der Waals surface area contributed by atoms with Gasteiger partial charge in [-0.1, -0.05) is 18.2 Å². The summed E-state index contributed by atoms with van der Waals surface area (Å²) in [6.07, 6.45) is 2.57. The number of sulfone groups is 1. The molecule has 1 heterocycles. The fraction of sp³-hybridized carbons (Fsp3) is 0. The van der Waals surface area contributed by atoms with Crippen LogP contribution in [0.15, 0.2) is 63.1 Å². The molecule has 0 fully saturated rings. The van der Waals surface area contributed by atoms with Crippen LogP contribution in [0.5, 0.6) is 0 Å². The Morgan fingerprint density at radius 2 is 1.64 bits per heavy atom. The Bertz CT molecular complexity index is 498. The highest BCUT2D eigenvalue weighted by atomic mass is 32.2. The van der Waals surface area contributed by atoms with Crippen LogP contribution in [-0.4, -0.2) is 8.42 Å². The molecular weight excluding hydrogens is 200 g/mol. The number of hydrogen-bond donors (Lipinski definition) is 0. The first-order chi connectivity index (χ1) is 6.71. The lowest BCUT2D eigenvalue weighted by atomic mass is 10.4. The van der Waals surface area contributed by atoms with Gasteiger partial charge in [0.25, 0.3) is 0 Å². The van der Waals surface area contributed by atoms with Gasteiger partial charge in [0.2, 0.25) is 9.84 Å². The average molecular weight is 208 g/mol. The molecule has 72 valence electrons. The summed E-state index contributed by atoms with van der Waals surface area (Å²) in [6.45, 7) is 0. The highest BCUT2D eigenvalue weighted by Crippen LogP contribution is 2.19. The Morgan fingerprint density at radius 1 is 0.929 bits per heavy atom. The Labute approximate surface area is 81.9 Å². The van der Waals surface area contributed by atoms with Crippen LogP contribution in [0.2, 0.25) is 0 Å². The van der Waals surface area contributed by atoms with Crippen LogP contribution in [0.4, 0.5) is 0 Å². The lowest BCUT2D eigenvalue weighted by Crippen LogP contribution is -1.99. The zero-order chi connectivity index (χ0) is 10.0. The van der Waals surface area contributed by atoms with Crippen molar-refractivity contribution in [2.45, 2.75) is 9.79 Å². The Kier molecular flexibility index (Phi) is 2.13. The molecule has 2 aromatic rings. The van der Waals surface area contributed by atoms with Crippen LogP contribution in [0, 0.1) is 0 Å². The minimum absolute atomic E-state index is 0.184. The summed E-state index contributed by atoms with van der Waals surface area (Å²) >= 11 is 0. The van der Waals surface area contributed by atoms with Gasteiger partial charge < -0.3 is 4.42 Å². The molecule has 14 heavy (non-hydrogen) atoms. The van der Waals surface area contributed by atoms with Gasteiger partial charge in [-0.15, -0.1) is 0 Å². The van der Waals surface area contributed by atoms with Gasteiger partial charge in [-0.25, -0.2) is 8.42 Å². The standard InChI is InChI=1S/C10H8O3S/c11-14(12,10-6-7-13-8-10)9-4-2-1-3-5-9/h1-8H. The van der Waals surface area contributed by atoms with E-state index < -0.39 is 9.84 Å². The van der Waals surface area contributed by atoms with Gasteiger partial charge in [-0.3, -0.25) is 0 Å². The molecule has 0 aliphatic rings. The molecule has 3 nitrogen and oxygen atoms in total. The molecule has 0 N–H and O–H groups in total. The molecule has 4 heteroatoms. The normalized spacial score (nSPS) is 11.4. The van der Waals surface area contributed by atoms with E-state index in [4.69, 9.17) is 4.42 Å². The molecule has 2 rings (SSSR count). The van der Waals surface area contributed by atoms with E-state index in [0.29, 0.717) is 0 Å². The van der Waals surface area contributed by atoms with Gasteiger partial charge in [-0.05, 0) is 18.2 Å². The minimum Gasteiger partial charge on any atom is -0.471 e. The number of furan rings is 1. The first-order valence-electron chi connectivity index (χ1n) is 4.03. The molecule has 0 bridgehead atoms. The lowest BCUT2D eigenvalue weighted by molar-refractivity contribution is 0.556. The summed E-state index contributed by atoms with van der Waals surface area (Å²) in [5.74, 6) is 0. The van der Waals surface area contributed by atoms with Crippen molar-refractivity contribution in [2.24, 2.45) is 0 Å². The average Bonchev–Trinajstić information content (AvgIpc) is 2.72. The van der Waals surface area contributed by atoms with E-state index in [1.54, 1.807) is 30.3 Å². The van der Waals surface area contributed by atoms with Crippen LogP contribution in [0.3, 0.4) is 0 Å². The summed E-state index contributed by atoms with van der Waals surface area (Å²) in [4.78, 5) is 0.463. The number of rotatable bonds is 2. The first-order valence-corrected chi connectivity index (χ1v) is 5.52. The Morgan fingerprint density at radius 3 is 2.21 bits per heavy atom. The molecule has 0 spiro atoms. The Hall–Kier alpha value is -1.55. The quantitative estimate of drug-likeness (QED) is 0.759. The maximum Gasteiger partial charge on any atom is 0.209 e. The fourth-order valence-electron chi connectivity index (χ4n) is 1.14. The monoisotopic (exact) mass is 208 g/mol. The predicted molar refractivity (Wildman–Crippen MR) is 50.6 cm³/mol. The minimum atomic E-state index is -3.39. The third-order valence-electron chi connectivity index (χ3n) is 1.86. The van der Waals surface area contributed by atoms with E-state index >= 15 is 0 Å².